The average molecular weight is 695 g/mol. The molecule has 0 saturated carbocycles. The van der Waals surface area contributed by atoms with Crippen LogP contribution in [0.15, 0.2) is 30.3 Å². The molecular formula is C30H51N2O14P. The highest BCUT2D eigenvalue weighted by molar-refractivity contribution is 7.46. The van der Waals surface area contributed by atoms with Crippen LogP contribution in [0.25, 0.3) is 12.2 Å². The van der Waals surface area contributed by atoms with Gasteiger partial charge in [-0.3, -0.25) is 19.6 Å². The zero-order chi connectivity index (χ0) is 35.7. The number of hydrogen-bond donors (Lipinski definition) is 8. The van der Waals surface area contributed by atoms with Crippen molar-refractivity contribution in [1.29, 1.82) is 0 Å². The third kappa shape index (κ3) is 18.8. The molecule has 2 aromatic carbocycles. The van der Waals surface area contributed by atoms with E-state index in [2.05, 4.69) is 4.52 Å². The van der Waals surface area contributed by atoms with Crippen LogP contribution in [0, 0.1) is 0 Å². The Kier molecular flexibility index (Phi) is 24.4. The number of benzene rings is 2. The zero-order valence-electron chi connectivity index (χ0n) is 27.4. The summed E-state index contributed by atoms with van der Waals surface area (Å²) in [5, 5.41) is 50.9. The van der Waals surface area contributed by atoms with Gasteiger partial charge in [0.15, 0.2) is 23.0 Å². The number of ether oxygens (including phenoxy) is 4. The highest BCUT2D eigenvalue weighted by atomic mass is 31.2. The highest BCUT2D eigenvalue weighted by Gasteiger charge is 2.19. The summed E-state index contributed by atoms with van der Waals surface area (Å²) in [5.41, 5.74) is 1.42. The van der Waals surface area contributed by atoms with Gasteiger partial charge in [-0.2, -0.15) is 0 Å². The van der Waals surface area contributed by atoms with E-state index < -0.39 is 7.82 Å². The minimum atomic E-state index is -4.71. The number of phosphoric ester groups is 1. The van der Waals surface area contributed by atoms with Gasteiger partial charge >= 0.3 is 7.82 Å². The van der Waals surface area contributed by atoms with Gasteiger partial charge in [-0.25, -0.2) is 4.57 Å². The Bertz CT molecular complexity index is 1110. The Morgan fingerprint density at radius 2 is 0.915 bits per heavy atom. The SMILES string of the molecule is COc1ccc(/C=C\c2cc(OC)c(OC)c(OC)c2)cc1OP(=O)(O)O.OCCN(CCO)CCO.OCCN(CCO)CCO. The maximum Gasteiger partial charge on any atom is 0.524 e. The fourth-order valence-electron chi connectivity index (χ4n) is 3.91. The van der Waals surface area contributed by atoms with E-state index in [4.69, 9.17) is 59.4 Å². The van der Waals surface area contributed by atoms with E-state index in [1.165, 1.54) is 34.5 Å². The Morgan fingerprint density at radius 3 is 1.23 bits per heavy atom. The van der Waals surface area contributed by atoms with Crippen molar-refractivity contribution >= 4 is 20.0 Å². The number of phosphoric acid groups is 1. The number of rotatable bonds is 20. The second kappa shape index (κ2) is 26.0. The van der Waals surface area contributed by atoms with Gasteiger partial charge in [0, 0.05) is 39.3 Å². The molecule has 0 aromatic heterocycles. The van der Waals surface area contributed by atoms with E-state index in [1.807, 2.05) is 0 Å². The molecule has 0 aliphatic heterocycles. The van der Waals surface area contributed by atoms with Crippen LogP contribution in [-0.2, 0) is 4.57 Å². The van der Waals surface area contributed by atoms with Gasteiger partial charge in [-0.05, 0) is 35.4 Å². The largest absolute Gasteiger partial charge is 0.524 e. The summed E-state index contributed by atoms with van der Waals surface area (Å²) in [6.45, 7) is 3.51. The number of nitrogens with zero attached hydrogens (tertiary/aromatic N) is 2. The Hall–Kier alpha value is -2.99. The van der Waals surface area contributed by atoms with Crippen molar-refractivity contribution in [3.05, 3.63) is 41.5 Å². The monoisotopic (exact) mass is 694 g/mol. The summed E-state index contributed by atoms with van der Waals surface area (Å²) in [5.74, 6) is 1.66. The summed E-state index contributed by atoms with van der Waals surface area (Å²) >= 11 is 0. The van der Waals surface area contributed by atoms with Gasteiger partial charge in [-0.1, -0.05) is 18.2 Å². The van der Waals surface area contributed by atoms with Crippen molar-refractivity contribution < 1.29 is 68.5 Å². The molecule has 0 unspecified atom stereocenters. The van der Waals surface area contributed by atoms with E-state index in [0.717, 1.165) is 5.56 Å². The first kappa shape index (κ1) is 44.0. The van der Waals surface area contributed by atoms with Gasteiger partial charge in [0.2, 0.25) is 5.75 Å². The van der Waals surface area contributed by atoms with Crippen LogP contribution in [0.2, 0.25) is 0 Å². The third-order valence-electron chi connectivity index (χ3n) is 6.06. The molecule has 2 aromatic rings. The lowest BCUT2D eigenvalue weighted by Gasteiger charge is -2.17. The van der Waals surface area contributed by atoms with E-state index in [1.54, 1.807) is 46.2 Å². The smallest absolute Gasteiger partial charge is 0.493 e. The molecule has 0 saturated heterocycles. The quantitative estimate of drug-likeness (QED) is 0.0668. The lowest BCUT2D eigenvalue weighted by atomic mass is 10.1. The molecular weight excluding hydrogens is 643 g/mol. The van der Waals surface area contributed by atoms with Crippen LogP contribution in [-0.4, -0.2) is 158 Å². The van der Waals surface area contributed by atoms with Gasteiger partial charge in [0.1, 0.15) is 0 Å². The Balaban J connectivity index is 0.000000868. The first-order valence-corrected chi connectivity index (χ1v) is 16.0. The van der Waals surface area contributed by atoms with Crippen molar-refractivity contribution in [2.45, 2.75) is 0 Å². The molecule has 17 heteroatoms. The first-order chi connectivity index (χ1) is 22.5. The van der Waals surface area contributed by atoms with Crippen molar-refractivity contribution in [2.75, 3.05) is 107 Å². The van der Waals surface area contributed by atoms with E-state index in [9.17, 15) is 4.57 Å². The molecule has 0 radical (unpaired) electrons. The molecule has 0 bridgehead atoms. The third-order valence-corrected chi connectivity index (χ3v) is 6.49. The fourth-order valence-corrected chi connectivity index (χ4v) is 4.30. The predicted molar refractivity (Wildman–Crippen MR) is 176 cm³/mol. The lowest BCUT2D eigenvalue weighted by Crippen LogP contribution is -2.32. The van der Waals surface area contributed by atoms with Crippen LogP contribution in [0.1, 0.15) is 11.1 Å². The van der Waals surface area contributed by atoms with E-state index >= 15 is 0 Å². The number of aliphatic hydroxyl groups excluding tert-OH is 6. The Labute approximate surface area is 275 Å². The van der Waals surface area contributed by atoms with Crippen LogP contribution < -0.4 is 23.5 Å². The standard InChI is InChI=1S/C18H21O8P.2C6H15NO3/c1-22-14-8-7-12(9-15(14)26-27(19,20)21)5-6-13-10-16(23-2)18(25-4)17(11-13)24-3;2*8-4-1-7(2-5-9)3-6-10/h5-11H,1-4H3,(H2,19,20,21);2*8-10H,1-6H2/b6-5-;;. The van der Waals surface area contributed by atoms with Crippen molar-refractivity contribution in [2.24, 2.45) is 0 Å². The van der Waals surface area contributed by atoms with Crippen LogP contribution >= 0.6 is 7.82 Å². The van der Waals surface area contributed by atoms with Gasteiger partial charge in [0.25, 0.3) is 0 Å². The summed E-state index contributed by atoms with van der Waals surface area (Å²) in [4.78, 5) is 21.6. The summed E-state index contributed by atoms with van der Waals surface area (Å²) < 4.78 is 36.8. The number of methoxy groups -OCH3 is 4. The van der Waals surface area contributed by atoms with Gasteiger partial charge < -0.3 is 54.1 Å². The molecule has 47 heavy (non-hydrogen) atoms. The maximum atomic E-state index is 11.1. The second-order valence-electron chi connectivity index (χ2n) is 9.31. The Morgan fingerprint density at radius 1 is 0.553 bits per heavy atom. The topological polar surface area (TPSA) is 232 Å². The molecule has 0 amide bonds. The minimum absolute atomic E-state index is 0.0575. The predicted octanol–water partition coefficient (Wildman–Crippen LogP) is -0.106. The second-order valence-corrected chi connectivity index (χ2v) is 10.5. The highest BCUT2D eigenvalue weighted by Crippen LogP contribution is 2.42. The van der Waals surface area contributed by atoms with Crippen molar-refractivity contribution in [1.82, 2.24) is 9.80 Å². The van der Waals surface area contributed by atoms with Gasteiger partial charge in [-0.15, -0.1) is 0 Å². The average Bonchev–Trinajstić information content (AvgIpc) is 3.04. The van der Waals surface area contributed by atoms with Gasteiger partial charge in [0.05, 0.1) is 68.1 Å². The summed E-state index contributed by atoms with van der Waals surface area (Å²) in [7, 11) is 1.26. The molecule has 16 nitrogen and oxygen atoms in total. The molecule has 0 aliphatic carbocycles. The molecule has 0 fully saturated rings. The molecule has 0 aliphatic rings. The van der Waals surface area contributed by atoms with E-state index in [-0.39, 0.29) is 51.1 Å². The number of aliphatic hydroxyl groups is 6. The molecule has 8 N–H and O–H groups in total. The fraction of sp³-hybridized carbons (Fsp3) is 0.533. The number of hydrogen-bond acceptors (Lipinski definition) is 14. The summed E-state index contributed by atoms with van der Waals surface area (Å²) in [6, 6.07) is 8.29. The zero-order valence-corrected chi connectivity index (χ0v) is 28.3. The lowest BCUT2D eigenvalue weighted by molar-refractivity contribution is 0.136. The molecule has 0 spiro atoms. The van der Waals surface area contributed by atoms with Crippen LogP contribution in [0.4, 0.5) is 0 Å². The van der Waals surface area contributed by atoms with E-state index in [0.29, 0.717) is 62.1 Å². The van der Waals surface area contributed by atoms with Crippen molar-refractivity contribution in [3.63, 3.8) is 0 Å². The van der Waals surface area contributed by atoms with Crippen molar-refractivity contribution in [3.8, 4) is 28.7 Å². The molecule has 270 valence electrons. The van der Waals surface area contributed by atoms with Crippen LogP contribution in [0.3, 0.4) is 0 Å². The first-order valence-electron chi connectivity index (χ1n) is 14.5. The summed E-state index contributed by atoms with van der Waals surface area (Å²) in [6.07, 6.45) is 3.53. The maximum absolute atomic E-state index is 11.1. The normalized spacial score (nSPS) is 11.1. The molecule has 0 atom stereocenters. The molecule has 0 heterocycles. The molecule has 2 rings (SSSR count). The minimum Gasteiger partial charge on any atom is -0.493 e. The van der Waals surface area contributed by atoms with Crippen LogP contribution in [0.5, 0.6) is 28.7 Å².